The lowest BCUT2D eigenvalue weighted by atomic mass is 10.1. The molecule has 2 aromatic rings. The molecule has 1 fully saturated rings. The molecule has 0 spiro atoms. The number of halogens is 1. The minimum absolute atomic E-state index is 0. The van der Waals surface area contributed by atoms with Gasteiger partial charge in [-0.1, -0.05) is 29.8 Å². The molecule has 6 nitrogen and oxygen atoms in total. The lowest BCUT2D eigenvalue weighted by molar-refractivity contribution is -0.122. The SMILES string of the molecule is Cc1ccc(C(=O)Nc2cccc(CNC(=O)CC3COCCN3)c2)cc1.Cl. The monoisotopic (exact) mass is 403 g/mol. The van der Waals surface area contributed by atoms with Crippen LogP contribution in [-0.2, 0) is 16.1 Å². The molecule has 1 aliphatic rings. The summed E-state index contributed by atoms with van der Waals surface area (Å²) >= 11 is 0. The fourth-order valence-corrected chi connectivity index (χ4v) is 2.91. The molecule has 1 heterocycles. The van der Waals surface area contributed by atoms with Crippen LogP contribution >= 0.6 is 12.4 Å². The Morgan fingerprint density at radius 2 is 1.96 bits per heavy atom. The molecule has 150 valence electrons. The van der Waals surface area contributed by atoms with Crippen LogP contribution in [0, 0.1) is 6.92 Å². The van der Waals surface area contributed by atoms with Crippen LogP contribution in [0.5, 0.6) is 0 Å². The van der Waals surface area contributed by atoms with E-state index >= 15 is 0 Å². The third kappa shape index (κ3) is 6.64. The van der Waals surface area contributed by atoms with Gasteiger partial charge in [0.1, 0.15) is 0 Å². The van der Waals surface area contributed by atoms with E-state index in [0.717, 1.165) is 17.7 Å². The number of carbonyl (C=O) groups is 2. The van der Waals surface area contributed by atoms with Crippen molar-refractivity contribution in [3.63, 3.8) is 0 Å². The second kappa shape index (κ2) is 10.8. The molecule has 1 saturated heterocycles. The van der Waals surface area contributed by atoms with E-state index in [4.69, 9.17) is 4.74 Å². The Morgan fingerprint density at radius 3 is 2.68 bits per heavy atom. The quantitative estimate of drug-likeness (QED) is 0.692. The van der Waals surface area contributed by atoms with Gasteiger partial charge in [-0.05, 0) is 36.8 Å². The van der Waals surface area contributed by atoms with Crippen LogP contribution in [0.3, 0.4) is 0 Å². The molecule has 0 bridgehead atoms. The van der Waals surface area contributed by atoms with Crippen LogP contribution in [0.2, 0.25) is 0 Å². The van der Waals surface area contributed by atoms with Crippen molar-refractivity contribution in [1.82, 2.24) is 10.6 Å². The molecule has 2 amide bonds. The summed E-state index contributed by atoms with van der Waals surface area (Å²) in [5, 5.41) is 9.08. The highest BCUT2D eigenvalue weighted by atomic mass is 35.5. The van der Waals surface area contributed by atoms with Gasteiger partial charge in [-0.25, -0.2) is 0 Å². The van der Waals surface area contributed by atoms with Crippen molar-refractivity contribution in [3.8, 4) is 0 Å². The van der Waals surface area contributed by atoms with E-state index in [1.54, 1.807) is 12.1 Å². The average Bonchev–Trinajstić information content (AvgIpc) is 2.68. The minimum Gasteiger partial charge on any atom is -0.378 e. The van der Waals surface area contributed by atoms with Gasteiger partial charge in [-0.2, -0.15) is 0 Å². The van der Waals surface area contributed by atoms with E-state index < -0.39 is 0 Å². The first-order valence-electron chi connectivity index (χ1n) is 9.15. The van der Waals surface area contributed by atoms with Crippen LogP contribution in [-0.4, -0.2) is 37.6 Å². The molecule has 0 aliphatic carbocycles. The van der Waals surface area contributed by atoms with Crippen LogP contribution in [0.1, 0.15) is 27.9 Å². The van der Waals surface area contributed by atoms with Crippen LogP contribution < -0.4 is 16.0 Å². The maximum Gasteiger partial charge on any atom is 0.255 e. The number of hydrogen-bond donors (Lipinski definition) is 3. The topological polar surface area (TPSA) is 79.5 Å². The van der Waals surface area contributed by atoms with Gasteiger partial charge < -0.3 is 20.7 Å². The number of nitrogens with one attached hydrogen (secondary N) is 3. The Balaban J connectivity index is 0.00000280. The van der Waals surface area contributed by atoms with E-state index in [1.807, 2.05) is 43.3 Å². The van der Waals surface area contributed by atoms with Gasteiger partial charge >= 0.3 is 0 Å². The minimum atomic E-state index is -0.153. The Hall–Kier alpha value is -2.41. The summed E-state index contributed by atoms with van der Waals surface area (Å²) < 4.78 is 5.36. The predicted molar refractivity (Wildman–Crippen MR) is 112 cm³/mol. The molecule has 3 rings (SSSR count). The van der Waals surface area contributed by atoms with Crippen molar-refractivity contribution < 1.29 is 14.3 Å². The second-order valence-corrected chi connectivity index (χ2v) is 6.73. The maximum atomic E-state index is 12.3. The van der Waals surface area contributed by atoms with E-state index in [0.29, 0.717) is 37.4 Å². The summed E-state index contributed by atoms with van der Waals surface area (Å²) in [4.78, 5) is 24.4. The van der Waals surface area contributed by atoms with Crippen molar-refractivity contribution in [3.05, 3.63) is 65.2 Å². The largest absolute Gasteiger partial charge is 0.378 e. The Bertz CT molecular complexity index is 790. The number of rotatable bonds is 6. The van der Waals surface area contributed by atoms with E-state index in [1.165, 1.54) is 0 Å². The first kappa shape index (κ1) is 21.9. The molecule has 1 unspecified atom stereocenters. The van der Waals surface area contributed by atoms with Crippen molar-refractivity contribution in [2.45, 2.75) is 25.9 Å². The molecular formula is C21H26ClN3O3. The summed E-state index contributed by atoms with van der Waals surface area (Å²) in [7, 11) is 0. The smallest absolute Gasteiger partial charge is 0.255 e. The number of anilines is 1. The van der Waals surface area contributed by atoms with Gasteiger partial charge in [0, 0.05) is 36.8 Å². The van der Waals surface area contributed by atoms with Crippen molar-refractivity contribution >= 4 is 29.9 Å². The maximum absolute atomic E-state index is 12.3. The predicted octanol–water partition coefficient (Wildman–Crippen LogP) is 2.66. The Morgan fingerprint density at radius 1 is 1.18 bits per heavy atom. The van der Waals surface area contributed by atoms with E-state index in [2.05, 4.69) is 16.0 Å². The van der Waals surface area contributed by atoms with E-state index in [9.17, 15) is 9.59 Å². The fraction of sp³-hybridized carbons (Fsp3) is 0.333. The average molecular weight is 404 g/mol. The molecule has 28 heavy (non-hydrogen) atoms. The van der Waals surface area contributed by atoms with E-state index in [-0.39, 0.29) is 30.3 Å². The molecule has 1 aliphatic heterocycles. The zero-order valence-corrected chi connectivity index (χ0v) is 16.7. The number of carbonyl (C=O) groups excluding carboxylic acids is 2. The summed E-state index contributed by atoms with van der Waals surface area (Å²) in [5.74, 6) is -0.174. The van der Waals surface area contributed by atoms with Gasteiger partial charge in [0.05, 0.1) is 13.2 Å². The second-order valence-electron chi connectivity index (χ2n) is 6.73. The molecule has 7 heteroatoms. The fourth-order valence-electron chi connectivity index (χ4n) is 2.91. The zero-order valence-electron chi connectivity index (χ0n) is 15.9. The van der Waals surface area contributed by atoms with Gasteiger partial charge in [-0.15, -0.1) is 12.4 Å². The van der Waals surface area contributed by atoms with Gasteiger partial charge in [0.25, 0.3) is 5.91 Å². The molecular weight excluding hydrogens is 378 g/mol. The zero-order chi connectivity index (χ0) is 19.1. The van der Waals surface area contributed by atoms with Crippen LogP contribution in [0.15, 0.2) is 48.5 Å². The summed E-state index contributed by atoms with van der Waals surface area (Å²) in [5.41, 5.74) is 3.35. The summed E-state index contributed by atoms with van der Waals surface area (Å²) in [6, 6.07) is 15.0. The molecule has 1 atom stereocenters. The Kier molecular flexibility index (Phi) is 8.44. The normalized spacial score (nSPS) is 16.0. The highest BCUT2D eigenvalue weighted by Gasteiger charge is 2.16. The van der Waals surface area contributed by atoms with Crippen LogP contribution in [0.4, 0.5) is 5.69 Å². The van der Waals surface area contributed by atoms with Gasteiger partial charge in [-0.3, -0.25) is 9.59 Å². The molecule has 2 aromatic carbocycles. The number of morpholine rings is 1. The molecule has 0 saturated carbocycles. The van der Waals surface area contributed by atoms with Gasteiger partial charge in [0.15, 0.2) is 0 Å². The highest BCUT2D eigenvalue weighted by molar-refractivity contribution is 6.04. The third-order valence-corrected chi connectivity index (χ3v) is 4.42. The summed E-state index contributed by atoms with van der Waals surface area (Å²) in [6.45, 7) is 4.44. The lowest BCUT2D eigenvalue weighted by Gasteiger charge is -2.23. The first-order valence-corrected chi connectivity index (χ1v) is 9.15. The molecule has 0 aromatic heterocycles. The number of hydrogen-bond acceptors (Lipinski definition) is 4. The Labute approximate surface area is 171 Å². The lowest BCUT2D eigenvalue weighted by Crippen LogP contribution is -2.44. The number of aryl methyl sites for hydroxylation is 1. The van der Waals surface area contributed by atoms with Crippen LogP contribution in [0.25, 0.3) is 0 Å². The molecule has 0 radical (unpaired) electrons. The third-order valence-electron chi connectivity index (χ3n) is 4.42. The van der Waals surface area contributed by atoms with Crippen molar-refractivity contribution in [1.29, 1.82) is 0 Å². The number of benzene rings is 2. The van der Waals surface area contributed by atoms with Crippen molar-refractivity contribution in [2.24, 2.45) is 0 Å². The van der Waals surface area contributed by atoms with Crippen molar-refractivity contribution in [2.75, 3.05) is 25.1 Å². The first-order chi connectivity index (χ1) is 13.1. The summed E-state index contributed by atoms with van der Waals surface area (Å²) in [6.07, 6.45) is 0.393. The molecule has 3 N–H and O–H groups in total. The standard InChI is InChI=1S/C21H25N3O3.ClH/c1-15-5-7-17(8-6-15)21(26)24-18-4-2-3-16(11-18)13-23-20(25)12-19-14-27-10-9-22-19;/h2-8,11,19,22H,9-10,12-14H2,1H3,(H,23,25)(H,24,26);1H. The van der Waals surface area contributed by atoms with Gasteiger partial charge in [0.2, 0.25) is 5.91 Å². The number of ether oxygens (including phenoxy) is 1. The number of amides is 2. The highest BCUT2D eigenvalue weighted by Crippen LogP contribution is 2.13.